The van der Waals surface area contributed by atoms with Gasteiger partial charge in [0.15, 0.2) is 5.13 Å². The maximum absolute atomic E-state index is 13.4. The molecular formula is C28H24N2O5S. The average molecular weight is 501 g/mol. The number of aliphatic hydroxyl groups is 1. The van der Waals surface area contributed by atoms with Gasteiger partial charge in [0.25, 0.3) is 5.78 Å². The first-order valence-electron chi connectivity index (χ1n) is 11.5. The molecule has 3 aromatic carbocycles. The second kappa shape index (κ2) is 9.47. The van der Waals surface area contributed by atoms with Crippen molar-refractivity contribution >= 4 is 44.1 Å². The van der Waals surface area contributed by atoms with Crippen LogP contribution in [0.3, 0.4) is 0 Å². The lowest BCUT2D eigenvalue weighted by Gasteiger charge is -2.23. The fourth-order valence-corrected chi connectivity index (χ4v) is 5.27. The fourth-order valence-electron chi connectivity index (χ4n) is 4.25. The number of rotatable bonds is 6. The molecule has 0 aliphatic carbocycles. The van der Waals surface area contributed by atoms with Crippen LogP contribution < -0.4 is 14.4 Å². The molecule has 1 aromatic heterocycles. The lowest BCUT2D eigenvalue weighted by Crippen LogP contribution is -2.29. The Morgan fingerprint density at radius 3 is 2.39 bits per heavy atom. The van der Waals surface area contributed by atoms with E-state index in [1.54, 1.807) is 31.4 Å². The predicted molar refractivity (Wildman–Crippen MR) is 140 cm³/mol. The van der Waals surface area contributed by atoms with E-state index in [0.717, 1.165) is 10.3 Å². The number of Topliss-reactive ketones (excluding diaryl/α,β-unsaturated/α-hetero) is 1. The van der Waals surface area contributed by atoms with Crippen molar-refractivity contribution in [3.05, 3.63) is 89.0 Å². The van der Waals surface area contributed by atoms with Crippen molar-refractivity contribution in [2.75, 3.05) is 18.6 Å². The summed E-state index contributed by atoms with van der Waals surface area (Å²) < 4.78 is 11.6. The van der Waals surface area contributed by atoms with Crippen molar-refractivity contribution in [1.82, 2.24) is 4.98 Å². The topological polar surface area (TPSA) is 89.0 Å². The Labute approximate surface area is 212 Å². The molecule has 1 fully saturated rings. The minimum Gasteiger partial charge on any atom is -0.507 e. The summed E-state index contributed by atoms with van der Waals surface area (Å²) in [5.74, 6) is -0.425. The number of aromatic nitrogens is 1. The quantitative estimate of drug-likeness (QED) is 0.209. The van der Waals surface area contributed by atoms with E-state index in [-0.39, 0.29) is 11.3 Å². The number of anilines is 1. The minimum absolute atomic E-state index is 0.0169. The van der Waals surface area contributed by atoms with E-state index < -0.39 is 17.7 Å². The van der Waals surface area contributed by atoms with Gasteiger partial charge in [-0.15, -0.1) is 0 Å². The number of hydrogen-bond acceptors (Lipinski definition) is 7. The van der Waals surface area contributed by atoms with Crippen molar-refractivity contribution < 1.29 is 24.2 Å². The number of thiazole rings is 1. The van der Waals surface area contributed by atoms with E-state index in [0.29, 0.717) is 39.9 Å². The van der Waals surface area contributed by atoms with Gasteiger partial charge in [-0.2, -0.15) is 0 Å². The Kier molecular flexibility index (Phi) is 6.20. The van der Waals surface area contributed by atoms with E-state index in [1.807, 2.05) is 56.3 Å². The first-order chi connectivity index (χ1) is 17.4. The summed E-state index contributed by atoms with van der Waals surface area (Å²) in [6, 6.07) is 18.9. The Balaban J connectivity index is 1.67. The molecule has 1 amide bonds. The summed E-state index contributed by atoms with van der Waals surface area (Å²) in [4.78, 5) is 32.8. The molecule has 1 atom stereocenters. The Hall–Kier alpha value is -4.17. The van der Waals surface area contributed by atoms with Crippen LogP contribution >= 0.6 is 11.3 Å². The van der Waals surface area contributed by atoms with Gasteiger partial charge in [-0.05, 0) is 61.9 Å². The fraction of sp³-hybridized carbons (Fsp3) is 0.179. The lowest BCUT2D eigenvalue weighted by molar-refractivity contribution is -0.132. The molecule has 2 heterocycles. The molecule has 4 aromatic rings. The van der Waals surface area contributed by atoms with Crippen LogP contribution in [-0.2, 0) is 9.59 Å². The van der Waals surface area contributed by atoms with Crippen LogP contribution in [0.4, 0.5) is 5.13 Å². The van der Waals surface area contributed by atoms with Gasteiger partial charge < -0.3 is 14.6 Å². The number of amides is 1. The zero-order chi connectivity index (χ0) is 25.4. The molecule has 36 heavy (non-hydrogen) atoms. The Morgan fingerprint density at radius 2 is 1.72 bits per heavy atom. The van der Waals surface area contributed by atoms with Crippen LogP contribution in [0.15, 0.2) is 72.3 Å². The number of benzene rings is 3. The van der Waals surface area contributed by atoms with Gasteiger partial charge in [-0.1, -0.05) is 41.2 Å². The number of nitrogens with zero attached hydrogens (tertiary/aromatic N) is 2. The summed E-state index contributed by atoms with van der Waals surface area (Å²) in [7, 11) is 1.55. The highest BCUT2D eigenvalue weighted by Crippen LogP contribution is 2.44. The van der Waals surface area contributed by atoms with Crippen LogP contribution in [0.5, 0.6) is 11.5 Å². The van der Waals surface area contributed by atoms with Gasteiger partial charge in [-0.3, -0.25) is 14.5 Å². The number of aliphatic hydroxyl groups excluding tert-OH is 1. The first kappa shape index (κ1) is 23.6. The summed E-state index contributed by atoms with van der Waals surface area (Å²) in [5, 5.41) is 11.6. The maximum atomic E-state index is 13.4. The van der Waals surface area contributed by atoms with Crippen molar-refractivity contribution in [3.63, 3.8) is 0 Å². The van der Waals surface area contributed by atoms with Crippen molar-refractivity contribution in [1.29, 1.82) is 0 Å². The number of methoxy groups -OCH3 is 1. The molecule has 1 aliphatic heterocycles. The molecule has 0 unspecified atom stereocenters. The summed E-state index contributed by atoms with van der Waals surface area (Å²) in [6.45, 7) is 4.40. The molecule has 182 valence electrons. The summed E-state index contributed by atoms with van der Waals surface area (Å²) in [6.07, 6.45) is 0. The Morgan fingerprint density at radius 1 is 1.03 bits per heavy atom. The van der Waals surface area contributed by atoms with Crippen molar-refractivity contribution in [3.8, 4) is 11.5 Å². The Bertz CT molecular complexity index is 1490. The van der Waals surface area contributed by atoms with Gasteiger partial charge in [0, 0.05) is 5.56 Å². The molecule has 1 aliphatic rings. The first-order valence-corrected chi connectivity index (χ1v) is 12.3. The average Bonchev–Trinajstić information content (AvgIpc) is 3.42. The second-order valence-corrected chi connectivity index (χ2v) is 9.38. The van der Waals surface area contributed by atoms with Crippen molar-refractivity contribution in [2.45, 2.75) is 19.9 Å². The van der Waals surface area contributed by atoms with Gasteiger partial charge in [-0.25, -0.2) is 4.98 Å². The van der Waals surface area contributed by atoms with Crippen LogP contribution in [0.1, 0.15) is 29.7 Å². The van der Waals surface area contributed by atoms with E-state index in [1.165, 1.54) is 16.2 Å². The normalized spacial score (nSPS) is 17.1. The zero-order valence-corrected chi connectivity index (χ0v) is 20.8. The number of fused-ring (bicyclic) bond motifs is 1. The smallest absolute Gasteiger partial charge is 0.301 e. The standard InChI is InChI=1S/C28H24N2O5S/c1-4-35-20-13-14-21-22(15-20)36-28(29-21)30-24(17-7-5-16(2)6-8-17)23(26(32)27(30)33)25(31)18-9-11-19(34-3)12-10-18/h5-15,24,31H,4H2,1-3H3/t24-/m1/s1. The van der Waals surface area contributed by atoms with Crippen LogP contribution in [0.25, 0.3) is 16.0 Å². The number of carbonyl (C=O) groups is 2. The highest BCUT2D eigenvalue weighted by molar-refractivity contribution is 7.22. The number of aryl methyl sites for hydroxylation is 1. The molecule has 0 spiro atoms. The third-order valence-electron chi connectivity index (χ3n) is 6.07. The molecule has 0 bridgehead atoms. The third kappa shape index (κ3) is 4.09. The molecule has 1 N–H and O–H groups in total. The minimum atomic E-state index is -0.834. The highest BCUT2D eigenvalue weighted by Gasteiger charge is 2.48. The maximum Gasteiger partial charge on any atom is 0.301 e. The lowest BCUT2D eigenvalue weighted by atomic mass is 9.95. The summed E-state index contributed by atoms with van der Waals surface area (Å²) >= 11 is 1.30. The SMILES string of the molecule is CCOc1ccc2nc(N3C(=O)C(=O)C(=C(O)c4ccc(OC)cc4)[C@H]3c3ccc(C)cc3)sc2c1. The monoisotopic (exact) mass is 500 g/mol. The molecular weight excluding hydrogens is 476 g/mol. The highest BCUT2D eigenvalue weighted by atomic mass is 32.1. The number of ether oxygens (including phenoxy) is 2. The van der Waals surface area contributed by atoms with Crippen LogP contribution in [-0.4, -0.2) is 35.5 Å². The van der Waals surface area contributed by atoms with Crippen molar-refractivity contribution in [2.24, 2.45) is 0 Å². The molecule has 8 heteroatoms. The molecule has 7 nitrogen and oxygen atoms in total. The molecule has 5 rings (SSSR count). The van der Waals surface area contributed by atoms with Gasteiger partial charge in [0.2, 0.25) is 0 Å². The van der Waals surface area contributed by atoms with E-state index >= 15 is 0 Å². The van der Waals surface area contributed by atoms with Crippen LogP contribution in [0, 0.1) is 6.92 Å². The van der Waals surface area contributed by atoms with Crippen LogP contribution in [0.2, 0.25) is 0 Å². The van der Waals surface area contributed by atoms with Gasteiger partial charge in [0.05, 0.1) is 35.5 Å². The van der Waals surface area contributed by atoms with E-state index in [4.69, 9.17) is 9.47 Å². The van der Waals surface area contributed by atoms with E-state index in [2.05, 4.69) is 4.98 Å². The number of ketones is 1. The van der Waals surface area contributed by atoms with Gasteiger partial charge in [0.1, 0.15) is 17.3 Å². The second-order valence-electron chi connectivity index (χ2n) is 8.37. The molecule has 1 saturated heterocycles. The predicted octanol–water partition coefficient (Wildman–Crippen LogP) is 5.64. The molecule has 0 radical (unpaired) electrons. The largest absolute Gasteiger partial charge is 0.507 e. The third-order valence-corrected chi connectivity index (χ3v) is 7.08. The van der Waals surface area contributed by atoms with Gasteiger partial charge >= 0.3 is 5.91 Å². The van der Waals surface area contributed by atoms with E-state index in [9.17, 15) is 14.7 Å². The molecule has 0 saturated carbocycles. The zero-order valence-electron chi connectivity index (χ0n) is 20.0. The number of carbonyl (C=O) groups excluding carboxylic acids is 2. The number of hydrogen-bond donors (Lipinski definition) is 1. The summed E-state index contributed by atoms with van der Waals surface area (Å²) in [5.41, 5.74) is 2.86.